The van der Waals surface area contributed by atoms with Crippen molar-refractivity contribution in [3.8, 4) is 0 Å². The molecule has 3 heterocycles. The topological polar surface area (TPSA) is 55.6 Å². The lowest BCUT2D eigenvalue weighted by atomic mass is 9.64. The summed E-state index contributed by atoms with van der Waals surface area (Å²) in [5, 5.41) is 0. The van der Waals surface area contributed by atoms with E-state index in [0.717, 1.165) is 48.4 Å². The molecular formula is C23H26NO4+. The van der Waals surface area contributed by atoms with Gasteiger partial charge >= 0.3 is 5.97 Å². The van der Waals surface area contributed by atoms with Gasteiger partial charge in [-0.3, -0.25) is 4.79 Å². The first-order valence-corrected chi connectivity index (χ1v) is 10.6. The second-order valence-electron chi connectivity index (χ2n) is 9.43. The normalized spacial score (nSPS) is 38.0. The average Bonchev–Trinajstić information content (AvgIpc) is 3.22. The predicted molar refractivity (Wildman–Crippen MR) is 102 cm³/mol. The summed E-state index contributed by atoms with van der Waals surface area (Å²) in [7, 11) is 1.42. The van der Waals surface area contributed by atoms with Crippen molar-refractivity contribution in [2.75, 3.05) is 26.8 Å². The summed E-state index contributed by atoms with van der Waals surface area (Å²) >= 11 is 0. The molecule has 0 saturated heterocycles. The number of carbonyl (C=O) groups excluding carboxylic acids is 2. The fraction of sp³-hybridized carbons (Fsp3) is 0.609. The largest absolute Gasteiger partial charge is 0.497 e. The molecule has 5 nitrogen and oxygen atoms in total. The third-order valence-corrected chi connectivity index (χ3v) is 8.25. The minimum atomic E-state index is -0.368. The summed E-state index contributed by atoms with van der Waals surface area (Å²) in [6.45, 7) is 7.29. The average molecular weight is 380 g/mol. The number of ketones is 1. The van der Waals surface area contributed by atoms with Crippen molar-refractivity contribution >= 4 is 17.5 Å². The Morgan fingerprint density at radius 2 is 2.07 bits per heavy atom. The maximum atomic E-state index is 13.6. The van der Waals surface area contributed by atoms with Gasteiger partial charge < -0.3 is 9.47 Å². The number of ether oxygens (including phenoxy) is 2. The maximum Gasteiger partial charge on any atom is 0.338 e. The van der Waals surface area contributed by atoms with Crippen molar-refractivity contribution in [2.45, 2.75) is 39.5 Å². The fourth-order valence-corrected chi connectivity index (χ4v) is 7.14. The van der Waals surface area contributed by atoms with E-state index in [-0.39, 0.29) is 23.1 Å². The molecule has 0 fully saturated rings. The van der Waals surface area contributed by atoms with E-state index < -0.39 is 0 Å². The molecule has 0 spiro atoms. The van der Waals surface area contributed by atoms with Gasteiger partial charge in [0.2, 0.25) is 0 Å². The summed E-state index contributed by atoms with van der Waals surface area (Å²) < 4.78 is 13.8. The number of allylic oxidation sites excluding steroid dienone is 3. The zero-order chi connectivity index (χ0) is 19.4. The number of hydrogen-bond donors (Lipinski definition) is 0. The zero-order valence-electron chi connectivity index (χ0n) is 16.8. The first kappa shape index (κ1) is 16.8. The highest BCUT2D eigenvalue weighted by Crippen LogP contribution is 2.62. The third-order valence-electron chi connectivity index (χ3n) is 8.25. The molecule has 28 heavy (non-hydrogen) atoms. The van der Waals surface area contributed by atoms with Crippen LogP contribution in [-0.2, 0) is 19.1 Å². The van der Waals surface area contributed by atoms with Gasteiger partial charge in [0.25, 0.3) is 0 Å². The summed E-state index contributed by atoms with van der Waals surface area (Å²) in [4.78, 5) is 26.5. The van der Waals surface area contributed by atoms with Crippen LogP contribution in [0.5, 0.6) is 0 Å². The van der Waals surface area contributed by atoms with Crippen molar-refractivity contribution in [3.63, 3.8) is 0 Å². The standard InChI is InChI=1S/C23H26NO4/c1-11-9-24-10-12-4-5-16-17-13(6-7-28-16)18(22(26)27-3)19-15(25)8-14(11)21(24)23(12,2)20(17)19/h11-12,14H,4-10H2,1-3H3/q+1/t11-,12-,14+,23+/m1/s1. The summed E-state index contributed by atoms with van der Waals surface area (Å²) in [6, 6.07) is 0. The van der Waals surface area contributed by atoms with E-state index in [0.29, 0.717) is 42.4 Å². The molecule has 6 aliphatic rings. The molecule has 3 aliphatic heterocycles. The minimum absolute atomic E-state index is 0.117. The second-order valence-corrected chi connectivity index (χ2v) is 9.43. The van der Waals surface area contributed by atoms with Crippen LogP contribution in [0.4, 0.5) is 0 Å². The van der Waals surface area contributed by atoms with E-state index >= 15 is 0 Å². The van der Waals surface area contributed by atoms with Crippen LogP contribution in [0, 0.1) is 23.2 Å². The molecule has 0 amide bonds. The Morgan fingerprint density at radius 1 is 1.25 bits per heavy atom. The Bertz CT molecular complexity index is 994. The Hall–Kier alpha value is -2.17. The van der Waals surface area contributed by atoms with E-state index in [4.69, 9.17) is 9.47 Å². The fourth-order valence-electron chi connectivity index (χ4n) is 7.14. The molecule has 6 rings (SSSR count). The molecule has 3 aliphatic carbocycles. The second kappa shape index (κ2) is 5.25. The molecule has 0 aromatic rings. The van der Waals surface area contributed by atoms with Crippen molar-refractivity contribution < 1.29 is 23.6 Å². The molecule has 0 unspecified atom stereocenters. The molecule has 4 atom stereocenters. The van der Waals surface area contributed by atoms with Gasteiger partial charge in [0, 0.05) is 42.2 Å². The van der Waals surface area contributed by atoms with Gasteiger partial charge in [-0.15, -0.1) is 0 Å². The highest BCUT2D eigenvalue weighted by atomic mass is 16.5. The summed E-state index contributed by atoms with van der Waals surface area (Å²) in [5.74, 6) is 1.95. The van der Waals surface area contributed by atoms with Crippen molar-refractivity contribution in [2.24, 2.45) is 23.2 Å². The SMILES string of the molecule is COC(=O)C1=C2CCOC3=C2C2=C1C(=O)C[C@@H]1C4=[N+](C[C@@H](CC3)[C@@]24C)C[C@H]1C. The van der Waals surface area contributed by atoms with Gasteiger partial charge in [0.05, 0.1) is 30.6 Å². The lowest BCUT2D eigenvalue weighted by Crippen LogP contribution is -2.38. The summed E-state index contributed by atoms with van der Waals surface area (Å²) in [6.07, 6.45) is 3.14. The van der Waals surface area contributed by atoms with E-state index in [1.54, 1.807) is 0 Å². The van der Waals surface area contributed by atoms with Crippen LogP contribution >= 0.6 is 0 Å². The van der Waals surface area contributed by atoms with Crippen molar-refractivity contribution in [3.05, 3.63) is 33.6 Å². The van der Waals surface area contributed by atoms with Gasteiger partial charge in [-0.05, 0) is 24.5 Å². The first-order chi connectivity index (χ1) is 13.5. The zero-order valence-corrected chi connectivity index (χ0v) is 16.8. The Kier molecular flexibility index (Phi) is 3.14. The van der Waals surface area contributed by atoms with E-state index in [9.17, 15) is 9.59 Å². The van der Waals surface area contributed by atoms with E-state index in [1.807, 2.05) is 0 Å². The first-order valence-electron chi connectivity index (χ1n) is 10.6. The number of nitrogens with zero attached hydrogens (tertiary/aromatic N) is 1. The number of hydrogen-bond acceptors (Lipinski definition) is 4. The van der Waals surface area contributed by atoms with Gasteiger partial charge in [0.15, 0.2) is 11.5 Å². The number of Topliss-reactive ketones (excluding diaryl/α,β-unsaturated/α-hetero) is 1. The van der Waals surface area contributed by atoms with Gasteiger partial charge in [-0.1, -0.05) is 6.92 Å². The van der Waals surface area contributed by atoms with Gasteiger partial charge in [-0.2, -0.15) is 0 Å². The van der Waals surface area contributed by atoms with Crippen LogP contribution in [0.1, 0.15) is 39.5 Å². The van der Waals surface area contributed by atoms with Gasteiger partial charge in [-0.25, -0.2) is 9.37 Å². The lowest BCUT2D eigenvalue weighted by molar-refractivity contribution is -0.521. The molecule has 0 N–H and O–H groups in total. The minimum Gasteiger partial charge on any atom is -0.497 e. The molecule has 5 heteroatoms. The lowest BCUT2D eigenvalue weighted by Gasteiger charge is -2.32. The van der Waals surface area contributed by atoms with Crippen molar-refractivity contribution in [1.29, 1.82) is 0 Å². The molecule has 0 bridgehead atoms. The molecule has 0 saturated carbocycles. The third kappa shape index (κ3) is 1.73. The Balaban J connectivity index is 1.71. The number of methoxy groups -OCH3 is 1. The van der Waals surface area contributed by atoms with Gasteiger partial charge in [0.1, 0.15) is 18.8 Å². The molecule has 0 radical (unpaired) electrons. The quantitative estimate of drug-likeness (QED) is 0.518. The maximum absolute atomic E-state index is 13.6. The van der Waals surface area contributed by atoms with Crippen LogP contribution in [0.3, 0.4) is 0 Å². The Labute approximate surface area is 164 Å². The molecule has 146 valence electrons. The van der Waals surface area contributed by atoms with Crippen LogP contribution in [-0.4, -0.2) is 48.8 Å². The molecule has 0 aromatic heterocycles. The molecular weight excluding hydrogens is 354 g/mol. The van der Waals surface area contributed by atoms with E-state index in [1.165, 1.54) is 12.8 Å². The van der Waals surface area contributed by atoms with Crippen LogP contribution in [0.2, 0.25) is 0 Å². The van der Waals surface area contributed by atoms with Crippen LogP contribution in [0.25, 0.3) is 0 Å². The number of rotatable bonds is 1. The monoisotopic (exact) mass is 380 g/mol. The highest BCUT2D eigenvalue weighted by Gasteiger charge is 2.65. The van der Waals surface area contributed by atoms with Crippen molar-refractivity contribution in [1.82, 2.24) is 0 Å². The number of carbonyl (C=O) groups is 2. The number of esters is 1. The Morgan fingerprint density at radius 3 is 2.86 bits per heavy atom. The molecule has 0 aromatic carbocycles. The summed E-state index contributed by atoms with van der Waals surface area (Å²) in [5.41, 5.74) is 5.63. The van der Waals surface area contributed by atoms with Crippen LogP contribution in [0.15, 0.2) is 33.6 Å². The smallest absolute Gasteiger partial charge is 0.338 e. The highest BCUT2D eigenvalue weighted by molar-refractivity contribution is 6.18. The van der Waals surface area contributed by atoms with E-state index in [2.05, 4.69) is 18.4 Å². The van der Waals surface area contributed by atoms with Crippen LogP contribution < -0.4 is 0 Å². The predicted octanol–water partition coefficient (Wildman–Crippen LogP) is 2.56.